The van der Waals surface area contributed by atoms with Crippen LogP contribution in [0.3, 0.4) is 0 Å². The highest BCUT2D eigenvalue weighted by Gasteiger charge is 2.15. The lowest BCUT2D eigenvalue weighted by molar-refractivity contribution is -0.153. The van der Waals surface area contributed by atoms with Gasteiger partial charge in [0.2, 0.25) is 0 Å². The van der Waals surface area contributed by atoms with Gasteiger partial charge < -0.3 is 4.74 Å². The molecule has 1 rings (SSSR count). The fraction of sp³-hybridized carbons (Fsp3) is 0.500. The summed E-state index contributed by atoms with van der Waals surface area (Å²) < 4.78 is 4.31. The zero-order valence-corrected chi connectivity index (χ0v) is 4.09. The van der Waals surface area contributed by atoms with Crippen molar-refractivity contribution in [2.75, 3.05) is 13.2 Å². The monoisotopic (exact) mass is 114 g/mol. The summed E-state index contributed by atoms with van der Waals surface area (Å²) in [5.41, 5.74) is 0. The summed E-state index contributed by atoms with van der Waals surface area (Å²) in [5.74, 6) is -0.783. The number of cyclic esters (lactones) is 1. The number of rotatable bonds is 0. The molecule has 0 aromatic carbocycles. The standard InChI is InChI=1S/C4H4NO3/c6-3-2-8-4(7)1-5-3/h1-2H2. The van der Waals surface area contributed by atoms with Gasteiger partial charge in [-0.15, -0.1) is 0 Å². The van der Waals surface area contributed by atoms with Crippen LogP contribution in [0.2, 0.25) is 0 Å². The molecular weight excluding hydrogens is 110 g/mol. The Hall–Kier alpha value is -1.06. The molecule has 0 atom stereocenters. The third-order valence-corrected chi connectivity index (χ3v) is 0.741. The van der Waals surface area contributed by atoms with Crippen LogP contribution in [0.25, 0.3) is 0 Å². The largest absolute Gasteiger partial charge is 0.454 e. The SMILES string of the molecule is O=C1COC(=O)C[N]1. The molecule has 0 N–H and O–H groups in total. The quantitative estimate of drug-likeness (QED) is 0.367. The fourth-order valence-electron chi connectivity index (χ4n) is 0.386. The maximum atomic E-state index is 10.2. The van der Waals surface area contributed by atoms with Crippen molar-refractivity contribution < 1.29 is 14.3 Å². The van der Waals surface area contributed by atoms with Crippen molar-refractivity contribution in [2.45, 2.75) is 0 Å². The number of ether oxygens (including phenoxy) is 1. The van der Waals surface area contributed by atoms with Crippen molar-refractivity contribution in [1.82, 2.24) is 5.32 Å². The summed E-state index contributed by atoms with van der Waals surface area (Å²) in [6.07, 6.45) is 0. The van der Waals surface area contributed by atoms with Gasteiger partial charge >= 0.3 is 5.97 Å². The molecule has 0 aromatic rings. The minimum Gasteiger partial charge on any atom is -0.454 e. The van der Waals surface area contributed by atoms with Crippen LogP contribution in [0.1, 0.15) is 0 Å². The number of hydrogen-bond acceptors (Lipinski definition) is 3. The van der Waals surface area contributed by atoms with Crippen molar-refractivity contribution in [1.29, 1.82) is 0 Å². The molecule has 0 spiro atoms. The minimum absolute atomic E-state index is 0.112. The summed E-state index contributed by atoms with van der Waals surface area (Å²) in [4.78, 5) is 20.3. The van der Waals surface area contributed by atoms with Crippen LogP contribution in [0, 0.1) is 0 Å². The van der Waals surface area contributed by atoms with Crippen LogP contribution in [0.15, 0.2) is 0 Å². The maximum absolute atomic E-state index is 10.2. The highest BCUT2D eigenvalue weighted by molar-refractivity contribution is 5.87. The molecule has 1 heterocycles. The van der Waals surface area contributed by atoms with E-state index in [0.29, 0.717) is 0 Å². The van der Waals surface area contributed by atoms with Gasteiger partial charge in [-0.3, -0.25) is 9.59 Å². The van der Waals surface area contributed by atoms with E-state index >= 15 is 0 Å². The van der Waals surface area contributed by atoms with Crippen LogP contribution >= 0.6 is 0 Å². The number of amides is 1. The van der Waals surface area contributed by atoms with Gasteiger partial charge in [0.15, 0.2) is 6.61 Å². The molecule has 1 fully saturated rings. The topological polar surface area (TPSA) is 57.5 Å². The number of carbonyl (C=O) groups is 2. The summed E-state index contributed by atoms with van der Waals surface area (Å²) in [5, 5.41) is 3.30. The normalized spacial score (nSPS) is 19.5. The molecule has 1 radical (unpaired) electrons. The molecule has 0 bridgehead atoms. The zero-order valence-electron chi connectivity index (χ0n) is 4.09. The van der Waals surface area contributed by atoms with Crippen LogP contribution < -0.4 is 5.32 Å². The number of esters is 1. The number of carbonyl (C=O) groups excluding carboxylic acids is 2. The second kappa shape index (κ2) is 1.81. The second-order valence-electron chi connectivity index (χ2n) is 1.37. The lowest BCUT2D eigenvalue weighted by Crippen LogP contribution is -2.34. The first-order valence-electron chi connectivity index (χ1n) is 2.15. The van der Waals surface area contributed by atoms with E-state index in [1.54, 1.807) is 0 Å². The lowest BCUT2D eigenvalue weighted by atomic mass is 10.5. The van der Waals surface area contributed by atoms with Gasteiger partial charge in [-0.2, -0.15) is 0 Å². The van der Waals surface area contributed by atoms with Crippen molar-refractivity contribution in [3.8, 4) is 0 Å². The molecule has 0 aliphatic carbocycles. The highest BCUT2D eigenvalue weighted by Crippen LogP contribution is 1.85. The number of nitrogens with zero attached hydrogens (tertiary/aromatic N) is 1. The fourth-order valence-corrected chi connectivity index (χ4v) is 0.386. The van der Waals surface area contributed by atoms with Crippen molar-refractivity contribution >= 4 is 11.9 Å². The van der Waals surface area contributed by atoms with Crippen LogP contribution in [0.5, 0.6) is 0 Å². The van der Waals surface area contributed by atoms with Crippen molar-refractivity contribution in [2.24, 2.45) is 0 Å². The smallest absolute Gasteiger partial charge is 0.328 e. The van der Waals surface area contributed by atoms with E-state index in [-0.39, 0.29) is 19.1 Å². The first kappa shape index (κ1) is 5.08. The van der Waals surface area contributed by atoms with Gasteiger partial charge in [-0.1, -0.05) is 0 Å². The highest BCUT2D eigenvalue weighted by atomic mass is 16.5. The summed E-state index contributed by atoms with van der Waals surface area (Å²) in [6, 6.07) is 0. The van der Waals surface area contributed by atoms with Crippen LogP contribution in [-0.2, 0) is 14.3 Å². The molecule has 1 saturated heterocycles. The van der Waals surface area contributed by atoms with E-state index in [1.165, 1.54) is 0 Å². The molecule has 1 amide bonds. The Morgan fingerprint density at radius 1 is 1.50 bits per heavy atom. The molecular formula is C4H4NO3. The molecule has 4 heteroatoms. The van der Waals surface area contributed by atoms with E-state index in [2.05, 4.69) is 10.1 Å². The van der Waals surface area contributed by atoms with Crippen LogP contribution in [-0.4, -0.2) is 25.0 Å². The average Bonchev–Trinajstić information content (AvgIpc) is 1.77. The Morgan fingerprint density at radius 2 is 2.25 bits per heavy atom. The molecule has 0 saturated carbocycles. The molecule has 4 nitrogen and oxygen atoms in total. The third-order valence-electron chi connectivity index (χ3n) is 0.741. The summed E-state index contributed by atoms with van der Waals surface area (Å²) >= 11 is 0. The van der Waals surface area contributed by atoms with Gasteiger partial charge in [0.05, 0.1) is 0 Å². The van der Waals surface area contributed by atoms with Gasteiger partial charge in [0, 0.05) is 0 Å². The number of hydrogen-bond donors (Lipinski definition) is 0. The average molecular weight is 114 g/mol. The first-order valence-corrected chi connectivity index (χ1v) is 2.15. The molecule has 1 aliphatic heterocycles. The first-order chi connectivity index (χ1) is 3.79. The Balaban J connectivity index is 2.40. The Labute approximate surface area is 45.8 Å². The van der Waals surface area contributed by atoms with Gasteiger partial charge in [-0.05, 0) is 0 Å². The molecule has 0 unspecified atom stereocenters. The second-order valence-corrected chi connectivity index (χ2v) is 1.37. The number of morpholine rings is 1. The minimum atomic E-state index is -0.426. The summed E-state index contributed by atoms with van der Waals surface area (Å²) in [7, 11) is 0. The van der Waals surface area contributed by atoms with Gasteiger partial charge in [0.25, 0.3) is 5.91 Å². The van der Waals surface area contributed by atoms with Crippen molar-refractivity contribution in [3.05, 3.63) is 0 Å². The Kier molecular flexibility index (Phi) is 1.15. The van der Waals surface area contributed by atoms with E-state index in [1.807, 2.05) is 0 Å². The third kappa shape index (κ3) is 0.959. The van der Waals surface area contributed by atoms with E-state index < -0.39 is 5.97 Å². The Morgan fingerprint density at radius 3 is 2.62 bits per heavy atom. The van der Waals surface area contributed by atoms with E-state index in [0.717, 1.165) is 0 Å². The summed E-state index contributed by atoms with van der Waals surface area (Å²) in [6.45, 7) is -0.294. The van der Waals surface area contributed by atoms with E-state index in [9.17, 15) is 9.59 Å². The predicted molar refractivity (Wildman–Crippen MR) is 23.0 cm³/mol. The Bertz CT molecular complexity index is 103. The zero-order chi connectivity index (χ0) is 5.98. The van der Waals surface area contributed by atoms with Gasteiger partial charge in [0.1, 0.15) is 6.54 Å². The lowest BCUT2D eigenvalue weighted by Gasteiger charge is -2.07. The van der Waals surface area contributed by atoms with Crippen molar-refractivity contribution in [3.63, 3.8) is 0 Å². The predicted octanol–water partition coefficient (Wildman–Crippen LogP) is -1.33. The molecule has 0 aromatic heterocycles. The molecule has 43 valence electrons. The van der Waals surface area contributed by atoms with E-state index in [4.69, 9.17) is 0 Å². The molecule has 1 aliphatic rings. The van der Waals surface area contributed by atoms with Gasteiger partial charge in [-0.25, -0.2) is 5.32 Å². The molecule has 8 heavy (non-hydrogen) atoms. The maximum Gasteiger partial charge on any atom is 0.328 e. The van der Waals surface area contributed by atoms with Crippen LogP contribution in [0.4, 0.5) is 0 Å².